The Balaban J connectivity index is 1.54. The van der Waals surface area contributed by atoms with E-state index < -0.39 is 17.9 Å². The fourth-order valence-corrected chi connectivity index (χ4v) is 3.12. The molecule has 0 atom stereocenters. The second-order valence-electron chi connectivity index (χ2n) is 6.55. The molecule has 0 unspecified atom stereocenters. The first-order chi connectivity index (χ1) is 14.6. The minimum absolute atomic E-state index is 0.0603. The van der Waals surface area contributed by atoms with E-state index in [-0.39, 0.29) is 32.7 Å². The van der Waals surface area contributed by atoms with E-state index in [1.54, 1.807) is 0 Å². The topological polar surface area (TPSA) is 78.9 Å². The van der Waals surface area contributed by atoms with Gasteiger partial charge in [-0.2, -0.15) is 0 Å². The molecule has 3 aromatic rings. The van der Waals surface area contributed by atoms with Crippen molar-refractivity contribution >= 4 is 39.5 Å². The van der Waals surface area contributed by atoms with Gasteiger partial charge in [0, 0.05) is 11.6 Å². The molecule has 3 aromatic carbocycles. The molecule has 0 radical (unpaired) electrons. The van der Waals surface area contributed by atoms with E-state index in [4.69, 9.17) is 14.2 Å². The molecule has 0 bridgehead atoms. The Labute approximate surface area is 174 Å². The first kappa shape index (κ1) is 21.0. The van der Waals surface area contributed by atoms with E-state index in [1.165, 1.54) is 0 Å². The molecule has 0 amide bonds. The summed E-state index contributed by atoms with van der Waals surface area (Å²) in [5, 5.41) is 4.20. The highest BCUT2D eigenvalue weighted by Gasteiger charge is 2.12. The third-order valence-electron chi connectivity index (χ3n) is 4.55. The standard InChI is InChI=1S/C24H22O6/c1-2-22(25)28-13-14-29-23(26)11-12-24(27)30-16-21-19-9-5-3-7-17(19)15-18-8-4-6-10-20(18)21/h2-10,15H,1,11-14,16H2. The van der Waals surface area contributed by atoms with Crippen LogP contribution >= 0.6 is 0 Å². The van der Waals surface area contributed by atoms with Crippen molar-refractivity contribution in [1.29, 1.82) is 0 Å². The molecule has 154 valence electrons. The van der Waals surface area contributed by atoms with Gasteiger partial charge in [-0.25, -0.2) is 4.79 Å². The molecule has 0 saturated heterocycles. The zero-order valence-corrected chi connectivity index (χ0v) is 16.5. The lowest BCUT2D eigenvalue weighted by atomic mass is 9.97. The highest BCUT2D eigenvalue weighted by atomic mass is 16.6. The van der Waals surface area contributed by atoms with Crippen LogP contribution in [0.3, 0.4) is 0 Å². The van der Waals surface area contributed by atoms with Crippen LogP contribution in [0.1, 0.15) is 18.4 Å². The summed E-state index contributed by atoms with van der Waals surface area (Å²) in [5.74, 6) is -1.63. The van der Waals surface area contributed by atoms with Crippen LogP contribution in [0.15, 0.2) is 67.3 Å². The summed E-state index contributed by atoms with van der Waals surface area (Å²) in [4.78, 5) is 34.7. The van der Waals surface area contributed by atoms with Crippen molar-refractivity contribution in [2.24, 2.45) is 0 Å². The first-order valence-electron chi connectivity index (χ1n) is 9.58. The second-order valence-corrected chi connectivity index (χ2v) is 6.55. The summed E-state index contributed by atoms with van der Waals surface area (Å²) in [5.41, 5.74) is 0.934. The van der Waals surface area contributed by atoms with Crippen molar-refractivity contribution in [3.8, 4) is 0 Å². The van der Waals surface area contributed by atoms with Crippen molar-refractivity contribution in [3.05, 3.63) is 72.8 Å². The summed E-state index contributed by atoms with van der Waals surface area (Å²) < 4.78 is 15.0. The van der Waals surface area contributed by atoms with Crippen LogP contribution in [-0.2, 0) is 35.2 Å². The Bertz CT molecular complexity index is 1030. The maximum absolute atomic E-state index is 12.1. The first-order valence-corrected chi connectivity index (χ1v) is 9.58. The van der Waals surface area contributed by atoms with Crippen molar-refractivity contribution in [2.45, 2.75) is 19.4 Å². The van der Waals surface area contributed by atoms with Crippen LogP contribution < -0.4 is 0 Å². The van der Waals surface area contributed by atoms with Gasteiger partial charge in [-0.3, -0.25) is 9.59 Å². The van der Waals surface area contributed by atoms with Crippen LogP contribution in [0, 0.1) is 0 Å². The van der Waals surface area contributed by atoms with Gasteiger partial charge in [0.1, 0.15) is 19.8 Å². The van der Waals surface area contributed by atoms with Gasteiger partial charge < -0.3 is 14.2 Å². The molecule has 0 fully saturated rings. The number of rotatable bonds is 9. The van der Waals surface area contributed by atoms with Gasteiger partial charge in [0.15, 0.2) is 0 Å². The molecular formula is C24H22O6. The minimum atomic E-state index is -0.587. The number of hydrogen-bond acceptors (Lipinski definition) is 6. The molecule has 0 saturated carbocycles. The third-order valence-corrected chi connectivity index (χ3v) is 4.55. The monoisotopic (exact) mass is 406 g/mol. The van der Waals surface area contributed by atoms with E-state index in [9.17, 15) is 14.4 Å². The Hall–Kier alpha value is -3.67. The van der Waals surface area contributed by atoms with Gasteiger partial charge in [-0.15, -0.1) is 0 Å². The molecule has 0 aliphatic heterocycles. The Morgan fingerprint density at radius 2 is 1.30 bits per heavy atom. The molecule has 0 spiro atoms. The van der Waals surface area contributed by atoms with Crippen molar-refractivity contribution in [3.63, 3.8) is 0 Å². The average Bonchev–Trinajstić information content (AvgIpc) is 2.77. The van der Waals surface area contributed by atoms with Gasteiger partial charge >= 0.3 is 17.9 Å². The lowest BCUT2D eigenvalue weighted by Gasteiger charge is -2.12. The summed E-state index contributed by atoms with van der Waals surface area (Å²) in [6, 6.07) is 18.0. The summed E-state index contributed by atoms with van der Waals surface area (Å²) in [7, 11) is 0. The quantitative estimate of drug-likeness (QED) is 0.175. The molecule has 0 heterocycles. The maximum Gasteiger partial charge on any atom is 0.330 e. The number of hydrogen-bond donors (Lipinski definition) is 0. The summed E-state index contributed by atoms with van der Waals surface area (Å²) in [6.07, 6.45) is 0.829. The SMILES string of the molecule is C=CC(=O)OCCOC(=O)CCC(=O)OCc1c2ccccc2cc2ccccc12. The van der Waals surface area contributed by atoms with Crippen molar-refractivity contribution in [2.75, 3.05) is 13.2 Å². The minimum Gasteiger partial charge on any atom is -0.462 e. The van der Waals surface area contributed by atoms with E-state index in [2.05, 4.69) is 12.6 Å². The number of carbonyl (C=O) groups excluding carboxylic acids is 3. The molecule has 0 aromatic heterocycles. The molecule has 0 aliphatic rings. The fourth-order valence-electron chi connectivity index (χ4n) is 3.12. The number of fused-ring (bicyclic) bond motifs is 2. The predicted molar refractivity (Wildman–Crippen MR) is 113 cm³/mol. The highest BCUT2D eigenvalue weighted by Crippen LogP contribution is 2.29. The van der Waals surface area contributed by atoms with Crippen molar-refractivity contribution in [1.82, 2.24) is 0 Å². The molecular weight excluding hydrogens is 384 g/mol. The van der Waals surface area contributed by atoms with Crippen LogP contribution in [0.4, 0.5) is 0 Å². The van der Waals surface area contributed by atoms with Gasteiger partial charge in [0.25, 0.3) is 0 Å². The van der Waals surface area contributed by atoms with Gasteiger partial charge in [-0.1, -0.05) is 55.1 Å². The van der Waals surface area contributed by atoms with Gasteiger partial charge in [0.05, 0.1) is 12.8 Å². The lowest BCUT2D eigenvalue weighted by Crippen LogP contribution is -2.14. The number of ether oxygens (including phenoxy) is 3. The van der Waals surface area contributed by atoms with Gasteiger partial charge in [-0.05, 0) is 27.6 Å². The lowest BCUT2D eigenvalue weighted by molar-refractivity contribution is -0.153. The van der Waals surface area contributed by atoms with E-state index >= 15 is 0 Å². The molecule has 6 nitrogen and oxygen atoms in total. The maximum atomic E-state index is 12.1. The largest absolute Gasteiger partial charge is 0.462 e. The average molecular weight is 406 g/mol. The van der Waals surface area contributed by atoms with Crippen LogP contribution in [0.5, 0.6) is 0 Å². The molecule has 6 heteroatoms. The molecule has 3 rings (SSSR count). The van der Waals surface area contributed by atoms with E-state index in [1.807, 2.05) is 48.5 Å². The summed E-state index contributed by atoms with van der Waals surface area (Å²) >= 11 is 0. The van der Waals surface area contributed by atoms with Gasteiger partial charge in [0.2, 0.25) is 0 Å². The van der Waals surface area contributed by atoms with Crippen LogP contribution in [-0.4, -0.2) is 31.1 Å². The normalized spacial score (nSPS) is 10.5. The van der Waals surface area contributed by atoms with Crippen LogP contribution in [0.25, 0.3) is 21.5 Å². The number of carbonyl (C=O) groups is 3. The highest BCUT2D eigenvalue weighted by molar-refractivity contribution is 6.02. The third kappa shape index (κ3) is 5.44. The zero-order valence-electron chi connectivity index (χ0n) is 16.5. The zero-order chi connectivity index (χ0) is 21.3. The van der Waals surface area contributed by atoms with E-state index in [0.717, 1.165) is 33.2 Å². The molecule has 0 aliphatic carbocycles. The summed E-state index contributed by atoms with van der Waals surface area (Å²) in [6.45, 7) is 3.25. The predicted octanol–water partition coefficient (Wildman–Crippen LogP) is 4.09. The smallest absolute Gasteiger partial charge is 0.330 e. The van der Waals surface area contributed by atoms with Crippen molar-refractivity contribution < 1.29 is 28.6 Å². The fraction of sp³-hybridized carbons (Fsp3) is 0.208. The molecule has 0 N–H and O–H groups in total. The Kier molecular flexibility index (Phi) is 7.16. The van der Waals surface area contributed by atoms with Crippen LogP contribution in [0.2, 0.25) is 0 Å². The van der Waals surface area contributed by atoms with E-state index in [0.29, 0.717) is 0 Å². The number of esters is 3. The Morgan fingerprint density at radius 1 is 0.767 bits per heavy atom. The molecule has 30 heavy (non-hydrogen) atoms. The second kappa shape index (κ2) is 10.2. The Morgan fingerprint density at radius 3 is 1.90 bits per heavy atom. The number of benzene rings is 3.